The lowest BCUT2D eigenvalue weighted by Crippen LogP contribution is -2.34. The van der Waals surface area contributed by atoms with Gasteiger partial charge in [-0.3, -0.25) is 0 Å². The molecular weight excluding hydrogens is 244 g/mol. The molecule has 100 valence electrons. The zero-order valence-corrected chi connectivity index (χ0v) is 12.1. The van der Waals surface area contributed by atoms with Gasteiger partial charge in [0.2, 0.25) is 0 Å². The number of aromatic nitrogens is 1. The van der Waals surface area contributed by atoms with Crippen molar-refractivity contribution < 1.29 is 4.42 Å². The third-order valence-corrected chi connectivity index (χ3v) is 4.81. The zero-order chi connectivity index (χ0) is 12.5. The van der Waals surface area contributed by atoms with Crippen molar-refractivity contribution in [1.29, 1.82) is 0 Å². The molecule has 4 heteroatoms. The van der Waals surface area contributed by atoms with Crippen LogP contribution in [0.1, 0.15) is 37.1 Å². The summed E-state index contributed by atoms with van der Waals surface area (Å²) in [5, 5.41) is 4.57. The van der Waals surface area contributed by atoms with Crippen molar-refractivity contribution in [2.75, 3.05) is 12.3 Å². The smallest absolute Gasteiger partial charge is 0.256 e. The van der Waals surface area contributed by atoms with Crippen molar-refractivity contribution in [3.8, 4) is 0 Å². The van der Waals surface area contributed by atoms with Gasteiger partial charge in [0.05, 0.1) is 5.69 Å². The molecule has 0 aliphatic heterocycles. The third kappa shape index (κ3) is 3.09. The number of thioether (sulfide) groups is 1. The van der Waals surface area contributed by atoms with E-state index in [-0.39, 0.29) is 0 Å². The van der Waals surface area contributed by atoms with Crippen molar-refractivity contribution in [1.82, 2.24) is 10.3 Å². The van der Waals surface area contributed by atoms with Crippen LogP contribution in [-0.2, 0) is 0 Å². The second-order valence-corrected chi connectivity index (χ2v) is 6.67. The van der Waals surface area contributed by atoms with E-state index in [0.717, 1.165) is 46.9 Å². The molecule has 3 nitrogen and oxygen atoms in total. The first-order valence-corrected chi connectivity index (χ1v) is 8.03. The molecule has 1 aromatic rings. The Morgan fingerprint density at radius 2 is 1.94 bits per heavy atom. The largest absolute Gasteiger partial charge is 0.437 e. The lowest BCUT2D eigenvalue weighted by molar-refractivity contribution is 0.424. The third-order valence-electron chi connectivity index (χ3n) is 3.98. The van der Waals surface area contributed by atoms with Gasteiger partial charge >= 0.3 is 0 Å². The monoisotopic (exact) mass is 266 g/mol. The minimum atomic E-state index is 0.804. The molecule has 1 N–H and O–H groups in total. The van der Waals surface area contributed by atoms with Crippen LogP contribution in [0, 0.1) is 25.7 Å². The van der Waals surface area contributed by atoms with E-state index in [1.54, 1.807) is 11.8 Å². The first kappa shape index (κ1) is 12.5. The van der Waals surface area contributed by atoms with E-state index in [0.29, 0.717) is 0 Å². The fraction of sp³-hybridized carbons (Fsp3) is 0.786. The molecule has 2 aliphatic rings. The molecule has 0 amide bonds. The highest BCUT2D eigenvalue weighted by Gasteiger charge is 2.40. The van der Waals surface area contributed by atoms with Crippen molar-refractivity contribution in [2.45, 2.75) is 50.8 Å². The summed E-state index contributed by atoms with van der Waals surface area (Å²) >= 11 is 1.72. The lowest BCUT2D eigenvalue weighted by Gasteiger charge is -2.16. The molecule has 1 heterocycles. The minimum absolute atomic E-state index is 0.804. The molecule has 0 spiro atoms. The molecule has 2 fully saturated rings. The van der Waals surface area contributed by atoms with Gasteiger partial charge in [0.15, 0.2) is 0 Å². The van der Waals surface area contributed by atoms with Crippen LogP contribution in [-0.4, -0.2) is 23.3 Å². The summed E-state index contributed by atoms with van der Waals surface area (Å²) in [6, 6.07) is 0.804. The molecule has 0 unspecified atom stereocenters. The Balaban J connectivity index is 1.39. The highest BCUT2D eigenvalue weighted by molar-refractivity contribution is 7.99. The summed E-state index contributed by atoms with van der Waals surface area (Å²) in [4.78, 5) is 4.39. The predicted molar refractivity (Wildman–Crippen MR) is 73.9 cm³/mol. The molecule has 2 saturated carbocycles. The number of hydrogen-bond donors (Lipinski definition) is 1. The summed E-state index contributed by atoms with van der Waals surface area (Å²) in [5.41, 5.74) is 1.01. The minimum Gasteiger partial charge on any atom is -0.437 e. The van der Waals surface area contributed by atoms with Crippen molar-refractivity contribution in [3.63, 3.8) is 0 Å². The van der Waals surface area contributed by atoms with Crippen LogP contribution in [0.25, 0.3) is 0 Å². The van der Waals surface area contributed by atoms with Crippen molar-refractivity contribution >= 4 is 11.8 Å². The first-order valence-electron chi connectivity index (χ1n) is 7.04. The Morgan fingerprint density at radius 1 is 1.28 bits per heavy atom. The summed E-state index contributed by atoms with van der Waals surface area (Å²) in [6.45, 7) is 5.04. The van der Waals surface area contributed by atoms with E-state index in [9.17, 15) is 0 Å². The molecule has 0 saturated heterocycles. The van der Waals surface area contributed by atoms with E-state index in [1.165, 1.54) is 25.7 Å². The molecule has 0 bridgehead atoms. The number of aryl methyl sites for hydroxylation is 2. The van der Waals surface area contributed by atoms with Crippen LogP contribution in [0.15, 0.2) is 9.64 Å². The SMILES string of the molecule is Cc1nc(SCCNC(C2CC2)C2CC2)oc1C. The lowest BCUT2D eigenvalue weighted by atomic mass is 10.1. The average molecular weight is 266 g/mol. The fourth-order valence-electron chi connectivity index (χ4n) is 2.50. The van der Waals surface area contributed by atoms with Crippen LogP contribution in [0.3, 0.4) is 0 Å². The van der Waals surface area contributed by atoms with Crippen LogP contribution >= 0.6 is 11.8 Å². The van der Waals surface area contributed by atoms with Gasteiger partial charge in [-0.2, -0.15) is 0 Å². The summed E-state index contributed by atoms with van der Waals surface area (Å²) in [7, 11) is 0. The number of hydrogen-bond acceptors (Lipinski definition) is 4. The molecular formula is C14H22N2OS. The van der Waals surface area contributed by atoms with Gasteiger partial charge in [-0.15, -0.1) is 0 Å². The number of oxazole rings is 1. The maximum atomic E-state index is 5.56. The Hall–Kier alpha value is -0.480. The number of nitrogens with one attached hydrogen (secondary N) is 1. The van der Waals surface area contributed by atoms with Gasteiger partial charge in [0, 0.05) is 18.3 Å². The van der Waals surface area contributed by atoms with Gasteiger partial charge < -0.3 is 9.73 Å². The topological polar surface area (TPSA) is 38.1 Å². The van der Waals surface area contributed by atoms with Crippen LogP contribution in [0.4, 0.5) is 0 Å². The number of rotatable bonds is 7. The van der Waals surface area contributed by atoms with E-state index in [1.807, 2.05) is 13.8 Å². The second-order valence-electron chi connectivity index (χ2n) is 5.62. The summed E-state index contributed by atoms with van der Waals surface area (Å²) < 4.78 is 5.56. The quantitative estimate of drug-likeness (QED) is 0.608. The van der Waals surface area contributed by atoms with Crippen molar-refractivity contribution in [3.05, 3.63) is 11.5 Å². The van der Waals surface area contributed by atoms with Gasteiger partial charge in [-0.1, -0.05) is 11.8 Å². The predicted octanol–water partition coefficient (Wildman–Crippen LogP) is 3.16. The molecule has 0 atom stereocenters. The van der Waals surface area contributed by atoms with Crippen LogP contribution in [0.5, 0.6) is 0 Å². The Labute approximate surface area is 113 Å². The Bertz CT molecular complexity index is 378. The van der Waals surface area contributed by atoms with Crippen LogP contribution in [0.2, 0.25) is 0 Å². The molecule has 0 aromatic carbocycles. The standard InChI is InChI=1S/C14H22N2OS/c1-9-10(2)17-14(16-9)18-8-7-15-13(11-3-4-11)12-5-6-12/h11-13,15H,3-8H2,1-2H3. The van der Waals surface area contributed by atoms with E-state index in [4.69, 9.17) is 4.42 Å². The second kappa shape index (κ2) is 5.25. The first-order chi connectivity index (χ1) is 8.74. The van der Waals surface area contributed by atoms with Crippen molar-refractivity contribution in [2.24, 2.45) is 11.8 Å². The highest BCUT2D eigenvalue weighted by atomic mass is 32.2. The Kier molecular flexibility index (Phi) is 3.66. The maximum absolute atomic E-state index is 5.56. The molecule has 1 aromatic heterocycles. The van der Waals surface area contributed by atoms with Gasteiger partial charge in [0.1, 0.15) is 5.76 Å². The van der Waals surface area contributed by atoms with E-state index >= 15 is 0 Å². The number of nitrogens with zero attached hydrogens (tertiary/aromatic N) is 1. The normalized spacial score (nSPS) is 19.7. The molecule has 0 radical (unpaired) electrons. The van der Waals surface area contributed by atoms with E-state index < -0.39 is 0 Å². The highest BCUT2D eigenvalue weighted by Crippen LogP contribution is 2.44. The molecule has 18 heavy (non-hydrogen) atoms. The summed E-state index contributed by atoms with van der Waals surface area (Å²) in [6.07, 6.45) is 5.78. The summed E-state index contributed by atoms with van der Waals surface area (Å²) in [5.74, 6) is 3.96. The van der Waals surface area contributed by atoms with Crippen LogP contribution < -0.4 is 5.32 Å². The molecule has 2 aliphatic carbocycles. The van der Waals surface area contributed by atoms with Gasteiger partial charge in [-0.05, 0) is 51.4 Å². The van der Waals surface area contributed by atoms with E-state index in [2.05, 4.69) is 10.3 Å². The molecule has 3 rings (SSSR count). The van der Waals surface area contributed by atoms with Gasteiger partial charge in [-0.25, -0.2) is 4.98 Å². The average Bonchev–Trinajstić information content (AvgIpc) is 3.23. The fourth-order valence-corrected chi connectivity index (χ4v) is 3.28. The maximum Gasteiger partial charge on any atom is 0.256 e. The zero-order valence-electron chi connectivity index (χ0n) is 11.2. The van der Waals surface area contributed by atoms with Gasteiger partial charge in [0.25, 0.3) is 5.22 Å². The Morgan fingerprint density at radius 3 is 2.44 bits per heavy atom.